The summed E-state index contributed by atoms with van der Waals surface area (Å²) in [5, 5.41) is 0. The van der Waals surface area contributed by atoms with E-state index in [2.05, 4.69) is 4.98 Å². The van der Waals surface area contributed by atoms with Crippen molar-refractivity contribution in [2.45, 2.75) is 13.5 Å². The van der Waals surface area contributed by atoms with Gasteiger partial charge in [-0.3, -0.25) is 0 Å². The fourth-order valence-corrected chi connectivity index (χ4v) is 1.15. The number of nitrogen functional groups attached to an aromatic ring is 1. The number of imidazole rings is 1. The number of aromatic nitrogens is 2. The van der Waals surface area contributed by atoms with Gasteiger partial charge in [0.25, 0.3) is 0 Å². The predicted molar refractivity (Wildman–Crippen MR) is 54.1 cm³/mol. The van der Waals surface area contributed by atoms with E-state index in [9.17, 15) is 0 Å². The Hall–Kier alpha value is -1.07. The topological polar surface area (TPSA) is 62.3 Å². The molecule has 1 aromatic rings. The first-order valence-electron chi connectivity index (χ1n) is 4.60. The second-order valence-corrected chi connectivity index (χ2v) is 3.04. The van der Waals surface area contributed by atoms with Gasteiger partial charge in [-0.15, -0.1) is 0 Å². The SMILES string of the molecule is COCCOCCn1cc(C)nc1N. The maximum atomic E-state index is 5.65. The van der Waals surface area contributed by atoms with Crippen molar-refractivity contribution in [3.63, 3.8) is 0 Å². The van der Waals surface area contributed by atoms with Crippen LogP contribution in [0, 0.1) is 6.92 Å². The summed E-state index contributed by atoms with van der Waals surface area (Å²) in [5.41, 5.74) is 6.58. The van der Waals surface area contributed by atoms with Gasteiger partial charge in [0.1, 0.15) is 0 Å². The summed E-state index contributed by atoms with van der Waals surface area (Å²) in [4.78, 5) is 4.09. The van der Waals surface area contributed by atoms with Crippen LogP contribution in [0.4, 0.5) is 5.95 Å². The summed E-state index contributed by atoms with van der Waals surface area (Å²) >= 11 is 0. The smallest absolute Gasteiger partial charge is 0.200 e. The van der Waals surface area contributed by atoms with Crippen LogP contribution in [-0.2, 0) is 16.0 Å². The lowest BCUT2D eigenvalue weighted by molar-refractivity contribution is 0.0668. The largest absolute Gasteiger partial charge is 0.382 e. The highest BCUT2D eigenvalue weighted by atomic mass is 16.5. The Balaban J connectivity index is 2.21. The number of hydrogen-bond acceptors (Lipinski definition) is 4. The highest BCUT2D eigenvalue weighted by Gasteiger charge is 2.00. The first-order valence-corrected chi connectivity index (χ1v) is 4.60. The Kier molecular flexibility index (Phi) is 4.42. The van der Waals surface area contributed by atoms with E-state index < -0.39 is 0 Å². The molecule has 0 spiro atoms. The zero-order valence-electron chi connectivity index (χ0n) is 8.69. The molecule has 0 unspecified atom stereocenters. The molecule has 2 N–H and O–H groups in total. The molecule has 5 heteroatoms. The molecule has 0 aliphatic rings. The van der Waals surface area contributed by atoms with E-state index in [1.54, 1.807) is 7.11 Å². The third-order valence-electron chi connectivity index (χ3n) is 1.84. The first-order chi connectivity index (χ1) is 6.74. The molecule has 80 valence electrons. The average Bonchev–Trinajstić information content (AvgIpc) is 2.45. The van der Waals surface area contributed by atoms with Crippen molar-refractivity contribution in [3.05, 3.63) is 11.9 Å². The third kappa shape index (κ3) is 3.35. The number of nitrogens with zero attached hydrogens (tertiary/aromatic N) is 2. The molecule has 0 saturated carbocycles. The van der Waals surface area contributed by atoms with Gasteiger partial charge in [-0.1, -0.05) is 0 Å². The number of anilines is 1. The Morgan fingerprint density at radius 2 is 2.21 bits per heavy atom. The molecule has 1 aromatic heterocycles. The molecule has 0 aliphatic carbocycles. The molecule has 0 aliphatic heterocycles. The van der Waals surface area contributed by atoms with Crippen molar-refractivity contribution < 1.29 is 9.47 Å². The van der Waals surface area contributed by atoms with Gasteiger partial charge in [0.2, 0.25) is 0 Å². The van der Waals surface area contributed by atoms with Gasteiger partial charge in [-0.05, 0) is 6.92 Å². The standard InChI is InChI=1S/C9H17N3O2/c1-8-7-12(9(10)11-8)3-4-14-6-5-13-2/h7H,3-6H2,1-2H3,(H2,10,11). The van der Waals surface area contributed by atoms with Crippen molar-refractivity contribution >= 4 is 5.95 Å². The van der Waals surface area contributed by atoms with Crippen LogP contribution in [0.1, 0.15) is 5.69 Å². The number of hydrogen-bond donors (Lipinski definition) is 1. The van der Waals surface area contributed by atoms with Crippen molar-refractivity contribution in [2.24, 2.45) is 0 Å². The van der Waals surface area contributed by atoms with Crippen LogP contribution in [-0.4, -0.2) is 36.5 Å². The highest BCUT2D eigenvalue weighted by molar-refractivity contribution is 5.20. The van der Waals surface area contributed by atoms with E-state index in [-0.39, 0.29) is 0 Å². The number of rotatable bonds is 6. The summed E-state index contributed by atoms with van der Waals surface area (Å²) in [6.45, 7) is 4.51. The fourth-order valence-electron chi connectivity index (χ4n) is 1.15. The van der Waals surface area contributed by atoms with E-state index in [1.807, 2.05) is 17.7 Å². The summed E-state index contributed by atoms with van der Waals surface area (Å²) in [6.07, 6.45) is 1.91. The molecule has 0 atom stereocenters. The van der Waals surface area contributed by atoms with Crippen molar-refractivity contribution in [1.29, 1.82) is 0 Å². The number of aryl methyl sites for hydroxylation is 1. The second-order valence-electron chi connectivity index (χ2n) is 3.04. The minimum absolute atomic E-state index is 0.540. The Labute approximate surface area is 83.8 Å². The summed E-state index contributed by atoms with van der Waals surface area (Å²) in [6, 6.07) is 0. The van der Waals surface area contributed by atoms with Gasteiger partial charge in [-0.2, -0.15) is 0 Å². The van der Waals surface area contributed by atoms with Crippen LogP contribution >= 0.6 is 0 Å². The molecule has 0 saturated heterocycles. The lowest BCUT2D eigenvalue weighted by atomic mass is 10.5. The molecule has 0 bridgehead atoms. The van der Waals surface area contributed by atoms with Gasteiger partial charge in [0, 0.05) is 19.9 Å². The van der Waals surface area contributed by atoms with Crippen molar-refractivity contribution in [1.82, 2.24) is 9.55 Å². The molecular formula is C9H17N3O2. The molecule has 0 aromatic carbocycles. The lowest BCUT2D eigenvalue weighted by Crippen LogP contribution is -2.10. The summed E-state index contributed by atoms with van der Waals surface area (Å²) < 4.78 is 12.0. The van der Waals surface area contributed by atoms with Gasteiger partial charge >= 0.3 is 0 Å². The predicted octanol–water partition coefficient (Wildman–Crippen LogP) is 0.437. The van der Waals surface area contributed by atoms with E-state index in [0.29, 0.717) is 25.8 Å². The number of ether oxygens (including phenoxy) is 2. The minimum atomic E-state index is 0.540. The fraction of sp³-hybridized carbons (Fsp3) is 0.667. The number of nitrogens with two attached hydrogens (primary N) is 1. The maximum Gasteiger partial charge on any atom is 0.200 e. The van der Waals surface area contributed by atoms with Crippen molar-refractivity contribution in [3.8, 4) is 0 Å². The van der Waals surface area contributed by atoms with Crippen LogP contribution in [0.5, 0.6) is 0 Å². The van der Waals surface area contributed by atoms with Crippen LogP contribution < -0.4 is 5.73 Å². The highest BCUT2D eigenvalue weighted by Crippen LogP contribution is 2.03. The molecule has 0 radical (unpaired) electrons. The van der Waals surface area contributed by atoms with Gasteiger partial charge < -0.3 is 19.8 Å². The maximum absolute atomic E-state index is 5.65. The van der Waals surface area contributed by atoms with Crippen LogP contribution in [0.15, 0.2) is 6.20 Å². The normalized spacial score (nSPS) is 10.7. The monoisotopic (exact) mass is 199 g/mol. The van der Waals surface area contributed by atoms with E-state index in [1.165, 1.54) is 0 Å². The lowest BCUT2D eigenvalue weighted by Gasteiger charge is -2.05. The van der Waals surface area contributed by atoms with E-state index in [4.69, 9.17) is 15.2 Å². The van der Waals surface area contributed by atoms with E-state index >= 15 is 0 Å². The molecule has 1 rings (SSSR count). The Morgan fingerprint density at radius 3 is 2.79 bits per heavy atom. The molecule has 1 heterocycles. The van der Waals surface area contributed by atoms with Crippen LogP contribution in [0.3, 0.4) is 0 Å². The minimum Gasteiger partial charge on any atom is -0.382 e. The second kappa shape index (κ2) is 5.62. The summed E-state index contributed by atoms with van der Waals surface area (Å²) in [7, 11) is 1.65. The van der Waals surface area contributed by atoms with Gasteiger partial charge in [0.15, 0.2) is 5.95 Å². The average molecular weight is 199 g/mol. The molecule has 14 heavy (non-hydrogen) atoms. The van der Waals surface area contributed by atoms with Crippen LogP contribution in [0.25, 0.3) is 0 Å². The van der Waals surface area contributed by atoms with Crippen LogP contribution in [0.2, 0.25) is 0 Å². The molecular weight excluding hydrogens is 182 g/mol. The molecule has 5 nitrogen and oxygen atoms in total. The van der Waals surface area contributed by atoms with Gasteiger partial charge in [0.05, 0.1) is 25.5 Å². The Bertz CT molecular complexity index is 273. The molecule has 0 fully saturated rings. The van der Waals surface area contributed by atoms with E-state index in [0.717, 1.165) is 12.2 Å². The quantitative estimate of drug-likeness (QED) is 0.675. The zero-order valence-corrected chi connectivity index (χ0v) is 8.69. The van der Waals surface area contributed by atoms with Crippen molar-refractivity contribution in [2.75, 3.05) is 32.7 Å². The van der Waals surface area contributed by atoms with Gasteiger partial charge in [-0.25, -0.2) is 4.98 Å². The Morgan fingerprint density at radius 1 is 1.43 bits per heavy atom. The number of methoxy groups -OCH3 is 1. The first kappa shape index (κ1) is 11.0. The third-order valence-corrected chi connectivity index (χ3v) is 1.84. The molecule has 0 amide bonds. The summed E-state index contributed by atoms with van der Waals surface area (Å²) in [5.74, 6) is 0.540. The zero-order chi connectivity index (χ0) is 10.4.